The van der Waals surface area contributed by atoms with Gasteiger partial charge in [0.2, 0.25) is 5.89 Å². The number of hydrogen-bond donors (Lipinski definition) is 3. The molecule has 0 atom stereocenters. The Morgan fingerprint density at radius 2 is 1.89 bits per heavy atom. The molecule has 1 aliphatic rings. The van der Waals surface area contributed by atoms with Crippen molar-refractivity contribution in [1.82, 2.24) is 19.5 Å². The highest BCUT2D eigenvalue weighted by Crippen LogP contribution is 2.39. The summed E-state index contributed by atoms with van der Waals surface area (Å²) in [4.78, 5) is 25.9. The van der Waals surface area contributed by atoms with Gasteiger partial charge in [-0.2, -0.15) is 0 Å². The third-order valence-electron chi connectivity index (χ3n) is 6.51. The van der Waals surface area contributed by atoms with E-state index < -0.39 is 0 Å². The van der Waals surface area contributed by atoms with E-state index in [9.17, 15) is 4.79 Å². The molecule has 1 aliphatic carbocycles. The van der Waals surface area contributed by atoms with E-state index >= 15 is 0 Å². The zero-order valence-corrected chi connectivity index (χ0v) is 19.3. The zero-order valence-electron chi connectivity index (χ0n) is 19.3. The topological polar surface area (TPSA) is 124 Å². The van der Waals surface area contributed by atoms with Crippen molar-refractivity contribution in [3.63, 3.8) is 0 Å². The van der Waals surface area contributed by atoms with Gasteiger partial charge < -0.3 is 25.4 Å². The lowest BCUT2D eigenvalue weighted by molar-refractivity contribution is 0.262. The zero-order chi connectivity index (χ0) is 23.9. The van der Waals surface area contributed by atoms with Crippen LogP contribution in [0, 0.1) is 6.92 Å². The summed E-state index contributed by atoms with van der Waals surface area (Å²) in [5.74, 6) is 0.851. The Labute approximate surface area is 201 Å². The number of amides is 2. The lowest BCUT2D eigenvalue weighted by Crippen LogP contribution is -2.19. The molecule has 0 spiro atoms. The number of nitrogens with one attached hydrogen (secondary N) is 2. The molecule has 6 rings (SSSR count). The Hall–Kier alpha value is -4.40. The molecule has 3 heterocycles. The fourth-order valence-electron chi connectivity index (χ4n) is 4.87. The lowest BCUT2D eigenvalue weighted by Gasteiger charge is -2.12. The van der Waals surface area contributed by atoms with Gasteiger partial charge in [-0.1, -0.05) is 25.0 Å². The van der Waals surface area contributed by atoms with Gasteiger partial charge in [-0.25, -0.2) is 19.7 Å². The van der Waals surface area contributed by atoms with Crippen LogP contribution < -0.4 is 16.4 Å². The number of aryl methyl sites for hydroxylation is 1. The van der Waals surface area contributed by atoms with Crippen molar-refractivity contribution < 1.29 is 9.21 Å². The largest absolute Gasteiger partial charge is 0.436 e. The highest BCUT2D eigenvalue weighted by molar-refractivity contribution is 6.02. The lowest BCUT2D eigenvalue weighted by atomic mass is 10.2. The number of rotatable bonds is 4. The van der Waals surface area contributed by atoms with Gasteiger partial charge in [0, 0.05) is 29.7 Å². The van der Waals surface area contributed by atoms with Crippen LogP contribution >= 0.6 is 0 Å². The van der Waals surface area contributed by atoms with Gasteiger partial charge in [-0.15, -0.1) is 0 Å². The van der Waals surface area contributed by atoms with Crippen LogP contribution in [0.2, 0.25) is 0 Å². The summed E-state index contributed by atoms with van der Waals surface area (Å²) in [6.45, 7) is 1.98. The van der Waals surface area contributed by atoms with Gasteiger partial charge in [-0.3, -0.25) is 0 Å². The van der Waals surface area contributed by atoms with Crippen LogP contribution in [-0.4, -0.2) is 25.6 Å². The number of nitrogens with zero attached hydrogens (tertiary/aromatic N) is 4. The third kappa shape index (κ3) is 3.95. The Morgan fingerprint density at radius 3 is 2.69 bits per heavy atom. The molecule has 3 aromatic heterocycles. The van der Waals surface area contributed by atoms with Crippen LogP contribution in [0.15, 0.2) is 59.4 Å². The number of fused-ring (bicyclic) bond motifs is 2. The fraction of sp³-hybridized carbons (Fsp3) is 0.231. The van der Waals surface area contributed by atoms with Crippen molar-refractivity contribution in [2.45, 2.75) is 38.6 Å². The molecular weight excluding hydrogens is 442 g/mol. The minimum absolute atomic E-state index is 0.334. The second-order valence-electron chi connectivity index (χ2n) is 9.00. The molecule has 5 aromatic rings. The monoisotopic (exact) mass is 467 g/mol. The molecule has 2 aromatic carbocycles. The maximum atomic E-state index is 12.5. The molecule has 0 unspecified atom stereocenters. The average molecular weight is 468 g/mol. The first-order valence-corrected chi connectivity index (χ1v) is 11.7. The first-order valence-electron chi connectivity index (χ1n) is 11.7. The number of benzene rings is 2. The summed E-state index contributed by atoms with van der Waals surface area (Å²) in [7, 11) is 0. The first-order chi connectivity index (χ1) is 17.0. The van der Waals surface area contributed by atoms with Gasteiger partial charge in [0.05, 0.1) is 10.9 Å². The number of urea groups is 1. The normalized spacial score (nSPS) is 14.1. The summed E-state index contributed by atoms with van der Waals surface area (Å²) in [5.41, 5.74) is 11.5. The predicted octanol–water partition coefficient (Wildman–Crippen LogP) is 5.89. The second-order valence-corrected chi connectivity index (χ2v) is 9.00. The number of oxazole rings is 1. The van der Waals surface area contributed by atoms with E-state index in [-0.39, 0.29) is 6.03 Å². The van der Waals surface area contributed by atoms with Crippen LogP contribution in [0.4, 0.5) is 22.0 Å². The van der Waals surface area contributed by atoms with Crippen molar-refractivity contribution in [3.05, 3.63) is 60.6 Å². The number of carbonyl (C=O) groups excluding carboxylic acids is 1. The maximum Gasteiger partial charge on any atom is 0.323 e. The minimum Gasteiger partial charge on any atom is -0.436 e. The molecule has 9 nitrogen and oxygen atoms in total. The van der Waals surface area contributed by atoms with Gasteiger partial charge in [0.25, 0.3) is 0 Å². The quantitative estimate of drug-likeness (QED) is 0.303. The minimum atomic E-state index is -0.334. The van der Waals surface area contributed by atoms with Crippen LogP contribution in [0.1, 0.15) is 37.3 Å². The number of hydrogen-bond acceptors (Lipinski definition) is 6. The molecule has 1 saturated carbocycles. The Kier molecular flexibility index (Phi) is 5.09. The maximum absolute atomic E-state index is 12.5. The molecule has 0 aliphatic heterocycles. The summed E-state index contributed by atoms with van der Waals surface area (Å²) in [6, 6.07) is 13.0. The predicted molar refractivity (Wildman–Crippen MR) is 136 cm³/mol. The van der Waals surface area contributed by atoms with Crippen LogP contribution in [0.25, 0.3) is 33.6 Å². The van der Waals surface area contributed by atoms with Crippen LogP contribution in [-0.2, 0) is 0 Å². The third-order valence-corrected chi connectivity index (χ3v) is 6.51. The van der Waals surface area contributed by atoms with Gasteiger partial charge in [0.15, 0.2) is 5.58 Å². The molecule has 35 heavy (non-hydrogen) atoms. The SMILES string of the molecule is Cc1cccc(NC(=O)Nc2ccc3nc(-c4cn(C5CCCC5)c5ncnc(N)c45)oc3c2)c1. The van der Waals surface area contributed by atoms with Gasteiger partial charge >= 0.3 is 6.03 Å². The fourth-order valence-corrected chi connectivity index (χ4v) is 4.87. The van der Waals surface area contributed by atoms with Crippen LogP contribution in [0.3, 0.4) is 0 Å². The van der Waals surface area contributed by atoms with Gasteiger partial charge in [0.1, 0.15) is 23.3 Å². The van der Waals surface area contributed by atoms with E-state index in [0.29, 0.717) is 34.5 Å². The Balaban J connectivity index is 1.32. The van der Waals surface area contributed by atoms with E-state index in [2.05, 4.69) is 25.2 Å². The van der Waals surface area contributed by atoms with E-state index in [1.807, 2.05) is 43.5 Å². The smallest absolute Gasteiger partial charge is 0.323 e. The van der Waals surface area contributed by atoms with Crippen molar-refractivity contribution in [2.75, 3.05) is 16.4 Å². The Bertz CT molecular complexity index is 1560. The first kappa shape index (κ1) is 21.2. The van der Waals surface area contributed by atoms with E-state index in [4.69, 9.17) is 15.1 Å². The van der Waals surface area contributed by atoms with Crippen molar-refractivity contribution in [3.8, 4) is 11.5 Å². The van der Waals surface area contributed by atoms with E-state index in [1.54, 1.807) is 12.1 Å². The second kappa shape index (κ2) is 8.43. The number of nitrogen functional groups attached to an aromatic ring is 1. The standard InChI is InChI=1S/C26H25N7O2/c1-15-5-4-6-16(11-15)30-26(34)31-17-9-10-20-21(12-17)35-25(32-20)19-13-33(18-7-2-3-8-18)24-22(19)23(27)28-14-29-24/h4-6,9-14,18H,2-3,7-8H2,1H3,(H2,27,28,29)(H2,30,31,34). The molecule has 2 amide bonds. The van der Waals surface area contributed by atoms with Crippen LogP contribution in [0.5, 0.6) is 0 Å². The molecular formula is C26H25N7O2. The number of nitrogens with two attached hydrogens (primary N) is 1. The number of aromatic nitrogens is 4. The summed E-state index contributed by atoms with van der Waals surface area (Å²) in [6.07, 6.45) is 8.16. The average Bonchev–Trinajstić information content (AvgIpc) is 3.57. The summed E-state index contributed by atoms with van der Waals surface area (Å²) in [5, 5.41) is 6.44. The molecule has 9 heteroatoms. The van der Waals surface area contributed by atoms with Crippen molar-refractivity contribution >= 4 is 45.4 Å². The van der Waals surface area contributed by atoms with Crippen molar-refractivity contribution in [2.24, 2.45) is 0 Å². The summed E-state index contributed by atoms with van der Waals surface area (Å²) >= 11 is 0. The molecule has 0 radical (unpaired) electrons. The molecule has 4 N–H and O–H groups in total. The number of anilines is 3. The Morgan fingerprint density at radius 1 is 1.09 bits per heavy atom. The van der Waals surface area contributed by atoms with Gasteiger partial charge in [-0.05, 0) is 49.6 Å². The highest BCUT2D eigenvalue weighted by atomic mass is 16.3. The highest BCUT2D eigenvalue weighted by Gasteiger charge is 2.25. The van der Waals surface area contributed by atoms with E-state index in [0.717, 1.165) is 40.7 Å². The molecule has 0 saturated heterocycles. The van der Waals surface area contributed by atoms with Crippen molar-refractivity contribution in [1.29, 1.82) is 0 Å². The molecule has 0 bridgehead atoms. The number of carbonyl (C=O) groups is 1. The molecule has 176 valence electrons. The van der Waals surface area contributed by atoms with E-state index in [1.165, 1.54) is 19.2 Å². The summed E-state index contributed by atoms with van der Waals surface area (Å²) < 4.78 is 8.33. The molecule has 1 fully saturated rings.